The van der Waals surface area contributed by atoms with E-state index < -0.39 is 0 Å². The number of likely N-dealkylation sites (tertiary alicyclic amines) is 1. The standard InChI is InChI=1S/C18H24N4OS2/c1-11-5-4-8-22(9-11)14(23)10-24-18-20-16(19)15-12-6-2-3-7-13(12)25-17(15)21-18/h11H,2-10H2,1H3,(H2,19,20,21). The zero-order valence-corrected chi connectivity index (χ0v) is 16.2. The van der Waals surface area contributed by atoms with Gasteiger partial charge in [-0.2, -0.15) is 0 Å². The van der Waals surface area contributed by atoms with Gasteiger partial charge in [-0.15, -0.1) is 11.3 Å². The van der Waals surface area contributed by atoms with E-state index in [1.54, 1.807) is 11.3 Å². The molecule has 2 aromatic rings. The lowest BCUT2D eigenvalue weighted by Crippen LogP contribution is -2.40. The van der Waals surface area contributed by atoms with Crippen molar-refractivity contribution in [1.82, 2.24) is 14.9 Å². The third-order valence-electron chi connectivity index (χ3n) is 5.16. The maximum Gasteiger partial charge on any atom is 0.233 e. The van der Waals surface area contributed by atoms with Crippen LogP contribution in [0.3, 0.4) is 0 Å². The zero-order chi connectivity index (χ0) is 17.4. The molecule has 3 heterocycles. The lowest BCUT2D eigenvalue weighted by atomic mass is 9.97. The number of rotatable bonds is 3. The average molecular weight is 377 g/mol. The molecule has 7 heteroatoms. The summed E-state index contributed by atoms with van der Waals surface area (Å²) in [6.07, 6.45) is 7.00. The van der Waals surface area contributed by atoms with Crippen molar-refractivity contribution in [3.8, 4) is 0 Å². The van der Waals surface area contributed by atoms with Crippen molar-refractivity contribution in [2.75, 3.05) is 24.6 Å². The molecule has 1 aliphatic heterocycles. The Kier molecular flexibility index (Phi) is 4.86. The van der Waals surface area contributed by atoms with E-state index in [1.165, 1.54) is 41.5 Å². The number of nitrogens with two attached hydrogens (primary N) is 1. The number of nitrogens with zero attached hydrogens (tertiary/aromatic N) is 3. The van der Waals surface area contributed by atoms with Gasteiger partial charge in [0.1, 0.15) is 10.6 Å². The predicted molar refractivity (Wildman–Crippen MR) is 104 cm³/mol. The molecule has 1 unspecified atom stereocenters. The number of anilines is 1. The Hall–Kier alpha value is -1.34. The summed E-state index contributed by atoms with van der Waals surface area (Å²) in [4.78, 5) is 26.0. The van der Waals surface area contributed by atoms with Crippen LogP contribution in [0.1, 0.15) is 43.0 Å². The first kappa shape index (κ1) is 17.1. The molecule has 2 aromatic heterocycles. The highest BCUT2D eigenvalue weighted by Gasteiger charge is 2.23. The van der Waals surface area contributed by atoms with Crippen molar-refractivity contribution >= 4 is 45.0 Å². The van der Waals surface area contributed by atoms with Gasteiger partial charge in [-0.1, -0.05) is 18.7 Å². The molecule has 1 aliphatic carbocycles. The van der Waals surface area contributed by atoms with Crippen molar-refractivity contribution in [3.05, 3.63) is 10.4 Å². The molecule has 2 aliphatic rings. The van der Waals surface area contributed by atoms with E-state index in [9.17, 15) is 4.79 Å². The molecule has 0 spiro atoms. The number of hydrogen-bond donors (Lipinski definition) is 1. The predicted octanol–water partition coefficient (Wildman–Crippen LogP) is 3.50. The molecule has 1 amide bonds. The SMILES string of the molecule is CC1CCCN(C(=O)CSc2nc(N)c3c4c(sc3n2)CCCC4)C1. The molecule has 0 saturated carbocycles. The zero-order valence-electron chi connectivity index (χ0n) is 14.6. The Morgan fingerprint density at radius 2 is 2.16 bits per heavy atom. The van der Waals surface area contributed by atoms with E-state index in [2.05, 4.69) is 11.9 Å². The smallest absolute Gasteiger partial charge is 0.233 e. The molecule has 0 radical (unpaired) electrons. The van der Waals surface area contributed by atoms with Crippen LogP contribution in [-0.4, -0.2) is 39.6 Å². The molecule has 0 aromatic carbocycles. The lowest BCUT2D eigenvalue weighted by Gasteiger charge is -2.30. The minimum atomic E-state index is 0.185. The number of thiophene rings is 1. The number of aromatic nitrogens is 2. The van der Waals surface area contributed by atoms with Gasteiger partial charge >= 0.3 is 0 Å². The van der Waals surface area contributed by atoms with Crippen molar-refractivity contribution in [3.63, 3.8) is 0 Å². The van der Waals surface area contributed by atoms with Gasteiger partial charge in [0.05, 0.1) is 11.1 Å². The number of carbonyl (C=O) groups excluding carboxylic acids is 1. The number of aryl methyl sites for hydroxylation is 2. The molecular formula is C18H24N4OS2. The Morgan fingerprint density at radius 1 is 1.32 bits per heavy atom. The second-order valence-electron chi connectivity index (χ2n) is 7.16. The van der Waals surface area contributed by atoms with E-state index in [-0.39, 0.29) is 5.91 Å². The third-order valence-corrected chi connectivity index (χ3v) is 7.17. The van der Waals surface area contributed by atoms with Crippen molar-refractivity contribution in [2.45, 2.75) is 50.6 Å². The Balaban J connectivity index is 1.49. The maximum atomic E-state index is 12.4. The topological polar surface area (TPSA) is 72.1 Å². The fourth-order valence-corrected chi connectivity index (χ4v) is 5.94. The van der Waals surface area contributed by atoms with Crippen LogP contribution in [0.15, 0.2) is 5.16 Å². The number of nitrogen functional groups attached to an aromatic ring is 1. The largest absolute Gasteiger partial charge is 0.383 e. The van der Waals surface area contributed by atoms with Gasteiger partial charge in [0.15, 0.2) is 5.16 Å². The summed E-state index contributed by atoms with van der Waals surface area (Å²) < 4.78 is 0. The number of thioether (sulfide) groups is 1. The normalized spacial score (nSPS) is 20.7. The first-order valence-corrected chi connectivity index (χ1v) is 10.9. The van der Waals surface area contributed by atoms with Crippen molar-refractivity contribution in [2.24, 2.45) is 5.92 Å². The summed E-state index contributed by atoms with van der Waals surface area (Å²) in [5.74, 6) is 1.75. The van der Waals surface area contributed by atoms with E-state index in [0.717, 1.165) is 42.6 Å². The first-order valence-electron chi connectivity index (χ1n) is 9.10. The maximum absolute atomic E-state index is 12.4. The van der Waals surface area contributed by atoms with Crippen LogP contribution >= 0.6 is 23.1 Å². The molecule has 1 fully saturated rings. The van der Waals surface area contributed by atoms with Gasteiger partial charge in [-0.05, 0) is 50.0 Å². The molecule has 2 N–H and O–H groups in total. The molecule has 5 nitrogen and oxygen atoms in total. The van der Waals surface area contributed by atoms with Gasteiger partial charge in [0, 0.05) is 18.0 Å². The Bertz CT molecular complexity index is 804. The van der Waals surface area contributed by atoms with Crippen LogP contribution in [0.25, 0.3) is 10.2 Å². The van der Waals surface area contributed by atoms with Gasteiger partial charge in [-0.3, -0.25) is 4.79 Å². The third kappa shape index (κ3) is 3.49. The molecule has 4 rings (SSSR count). The Morgan fingerprint density at radius 3 is 3.00 bits per heavy atom. The van der Waals surface area contributed by atoms with Crippen LogP contribution in [0.5, 0.6) is 0 Å². The highest BCUT2D eigenvalue weighted by molar-refractivity contribution is 7.99. The highest BCUT2D eigenvalue weighted by Crippen LogP contribution is 2.38. The molecule has 134 valence electrons. The van der Waals surface area contributed by atoms with E-state index in [1.807, 2.05) is 4.90 Å². The van der Waals surface area contributed by atoms with Crippen molar-refractivity contribution in [1.29, 1.82) is 0 Å². The van der Waals surface area contributed by atoms with E-state index >= 15 is 0 Å². The fourth-order valence-electron chi connectivity index (χ4n) is 3.86. The average Bonchev–Trinajstić information content (AvgIpc) is 2.98. The highest BCUT2D eigenvalue weighted by atomic mass is 32.2. The molecule has 1 atom stereocenters. The van der Waals surface area contributed by atoms with Gasteiger partial charge in [0.2, 0.25) is 5.91 Å². The summed E-state index contributed by atoms with van der Waals surface area (Å²) in [5.41, 5.74) is 7.60. The molecular weight excluding hydrogens is 352 g/mol. The number of piperidine rings is 1. The van der Waals surface area contributed by atoms with Crippen LogP contribution in [0, 0.1) is 5.92 Å². The van der Waals surface area contributed by atoms with E-state index in [4.69, 9.17) is 10.7 Å². The lowest BCUT2D eigenvalue weighted by molar-refractivity contribution is -0.130. The summed E-state index contributed by atoms with van der Waals surface area (Å²) in [6, 6.07) is 0. The summed E-state index contributed by atoms with van der Waals surface area (Å²) in [5, 5.41) is 1.68. The first-order chi connectivity index (χ1) is 12.1. The quantitative estimate of drug-likeness (QED) is 0.656. The Labute approximate surface area is 156 Å². The van der Waals surface area contributed by atoms with Crippen LogP contribution in [0.2, 0.25) is 0 Å². The van der Waals surface area contributed by atoms with Crippen molar-refractivity contribution < 1.29 is 4.79 Å². The fraction of sp³-hybridized carbons (Fsp3) is 0.611. The van der Waals surface area contributed by atoms with Gasteiger partial charge in [0.25, 0.3) is 0 Å². The minimum absolute atomic E-state index is 0.185. The second-order valence-corrected chi connectivity index (χ2v) is 9.18. The second kappa shape index (κ2) is 7.11. The number of carbonyl (C=O) groups is 1. The summed E-state index contributed by atoms with van der Waals surface area (Å²) in [7, 11) is 0. The number of fused-ring (bicyclic) bond motifs is 3. The number of amides is 1. The van der Waals surface area contributed by atoms with Crippen LogP contribution in [-0.2, 0) is 17.6 Å². The van der Waals surface area contributed by atoms with Gasteiger partial charge in [-0.25, -0.2) is 9.97 Å². The van der Waals surface area contributed by atoms with Crippen LogP contribution in [0.4, 0.5) is 5.82 Å². The monoisotopic (exact) mass is 376 g/mol. The summed E-state index contributed by atoms with van der Waals surface area (Å²) >= 11 is 3.16. The number of hydrogen-bond acceptors (Lipinski definition) is 6. The van der Waals surface area contributed by atoms with Gasteiger partial charge < -0.3 is 10.6 Å². The molecule has 1 saturated heterocycles. The molecule has 0 bridgehead atoms. The summed E-state index contributed by atoms with van der Waals surface area (Å²) in [6.45, 7) is 3.96. The molecule has 25 heavy (non-hydrogen) atoms. The minimum Gasteiger partial charge on any atom is -0.383 e. The van der Waals surface area contributed by atoms with Crippen LogP contribution < -0.4 is 5.73 Å². The van der Waals surface area contributed by atoms with E-state index in [0.29, 0.717) is 22.6 Å².